The number of nitrogens with one attached hydrogen (secondary N) is 1. The second-order valence-corrected chi connectivity index (χ2v) is 7.06. The summed E-state index contributed by atoms with van der Waals surface area (Å²) < 4.78 is 0. The van der Waals surface area contributed by atoms with E-state index in [0.717, 1.165) is 16.6 Å². The molecule has 0 saturated heterocycles. The van der Waals surface area contributed by atoms with Crippen LogP contribution in [0.1, 0.15) is 40.5 Å². The van der Waals surface area contributed by atoms with E-state index in [1.807, 2.05) is 30.5 Å². The molecule has 2 heterocycles. The van der Waals surface area contributed by atoms with Crippen molar-refractivity contribution in [1.82, 2.24) is 9.97 Å². The minimum Gasteiger partial charge on any atom is -0.298 e. The zero-order valence-electron chi connectivity index (χ0n) is 12.5. The highest BCUT2D eigenvalue weighted by Gasteiger charge is 2.26. The van der Waals surface area contributed by atoms with Gasteiger partial charge in [-0.05, 0) is 44.0 Å². The molecule has 0 bridgehead atoms. The lowest BCUT2D eigenvalue weighted by Crippen LogP contribution is -2.14. The molecule has 1 aromatic carbocycles. The van der Waals surface area contributed by atoms with E-state index in [9.17, 15) is 4.79 Å². The SMILES string of the molecule is Cc1nc2ccc(Cl)cc2cc1C(=O)Nc1nc(C2CC2)cs1. The number of aryl methyl sites for hydroxylation is 1. The fourth-order valence-electron chi connectivity index (χ4n) is 2.55. The van der Waals surface area contributed by atoms with Crippen LogP contribution in [0, 0.1) is 6.92 Å². The highest BCUT2D eigenvalue weighted by molar-refractivity contribution is 7.14. The number of carbonyl (C=O) groups excluding carboxylic acids is 1. The number of thiazole rings is 1. The lowest BCUT2D eigenvalue weighted by Gasteiger charge is -2.07. The molecule has 116 valence electrons. The Morgan fingerprint density at radius 2 is 2.13 bits per heavy atom. The molecule has 4 rings (SSSR count). The van der Waals surface area contributed by atoms with Crippen LogP contribution in [-0.4, -0.2) is 15.9 Å². The van der Waals surface area contributed by atoms with Gasteiger partial charge in [-0.25, -0.2) is 4.98 Å². The standard InChI is InChI=1S/C17H14ClN3OS/c1-9-13(7-11-6-12(18)4-5-14(11)19-9)16(22)21-17-20-15(8-23-17)10-2-3-10/h4-8,10H,2-3H2,1H3,(H,20,21,22). The first-order chi connectivity index (χ1) is 11.1. The Bertz CT molecular complexity index is 917. The van der Waals surface area contributed by atoms with Gasteiger partial charge in [0.2, 0.25) is 0 Å². The number of amides is 1. The summed E-state index contributed by atoms with van der Waals surface area (Å²) in [5.74, 6) is 0.400. The molecule has 3 aromatic rings. The summed E-state index contributed by atoms with van der Waals surface area (Å²) in [6.45, 7) is 1.83. The third-order valence-corrected chi connectivity index (χ3v) is 4.96. The Morgan fingerprint density at radius 3 is 2.91 bits per heavy atom. The summed E-state index contributed by atoms with van der Waals surface area (Å²) in [4.78, 5) is 21.5. The van der Waals surface area contributed by atoms with Crippen LogP contribution in [0.15, 0.2) is 29.6 Å². The first-order valence-electron chi connectivity index (χ1n) is 7.44. The third-order valence-electron chi connectivity index (χ3n) is 3.95. The van der Waals surface area contributed by atoms with E-state index in [2.05, 4.69) is 15.3 Å². The van der Waals surface area contributed by atoms with Gasteiger partial charge < -0.3 is 0 Å². The molecule has 1 aliphatic rings. The van der Waals surface area contributed by atoms with E-state index in [0.29, 0.717) is 27.3 Å². The zero-order valence-corrected chi connectivity index (χ0v) is 14.0. The van der Waals surface area contributed by atoms with Crippen molar-refractivity contribution >= 4 is 44.9 Å². The number of benzene rings is 1. The third kappa shape index (κ3) is 2.94. The minimum absolute atomic E-state index is 0.187. The first kappa shape index (κ1) is 14.6. The van der Waals surface area contributed by atoms with Gasteiger partial charge in [0.25, 0.3) is 5.91 Å². The fraction of sp³-hybridized carbons (Fsp3) is 0.235. The maximum Gasteiger partial charge on any atom is 0.259 e. The van der Waals surface area contributed by atoms with Gasteiger partial charge in [-0.15, -0.1) is 11.3 Å². The summed E-state index contributed by atoms with van der Waals surface area (Å²) in [5, 5.41) is 7.03. The maximum atomic E-state index is 12.5. The molecule has 1 amide bonds. The van der Waals surface area contributed by atoms with Gasteiger partial charge in [0.05, 0.1) is 22.5 Å². The van der Waals surface area contributed by atoms with Crippen molar-refractivity contribution in [2.24, 2.45) is 0 Å². The van der Waals surface area contributed by atoms with Crippen LogP contribution in [0.3, 0.4) is 0 Å². The molecule has 0 aliphatic heterocycles. The van der Waals surface area contributed by atoms with Crippen LogP contribution in [0.25, 0.3) is 10.9 Å². The van der Waals surface area contributed by atoms with Crippen LogP contribution >= 0.6 is 22.9 Å². The highest BCUT2D eigenvalue weighted by atomic mass is 35.5. The minimum atomic E-state index is -0.187. The monoisotopic (exact) mass is 343 g/mol. The Hall–Kier alpha value is -1.98. The summed E-state index contributed by atoms with van der Waals surface area (Å²) in [5.41, 5.74) is 3.15. The fourth-order valence-corrected chi connectivity index (χ4v) is 3.52. The zero-order chi connectivity index (χ0) is 16.0. The lowest BCUT2D eigenvalue weighted by atomic mass is 10.1. The lowest BCUT2D eigenvalue weighted by molar-refractivity contribution is 0.102. The summed E-state index contributed by atoms with van der Waals surface area (Å²) in [6, 6.07) is 7.29. The molecule has 1 aliphatic carbocycles. The van der Waals surface area contributed by atoms with Crippen molar-refractivity contribution < 1.29 is 4.79 Å². The molecule has 6 heteroatoms. The summed E-state index contributed by atoms with van der Waals surface area (Å²) >= 11 is 7.49. The van der Waals surface area contributed by atoms with Gasteiger partial charge in [-0.3, -0.25) is 15.1 Å². The number of anilines is 1. The molecule has 0 spiro atoms. The van der Waals surface area contributed by atoms with E-state index in [4.69, 9.17) is 11.6 Å². The van der Waals surface area contributed by atoms with Gasteiger partial charge in [0.1, 0.15) is 0 Å². The van der Waals surface area contributed by atoms with Crippen molar-refractivity contribution in [3.05, 3.63) is 51.6 Å². The first-order valence-corrected chi connectivity index (χ1v) is 8.69. The highest BCUT2D eigenvalue weighted by Crippen LogP contribution is 2.40. The quantitative estimate of drug-likeness (QED) is 0.744. The number of pyridine rings is 1. The van der Waals surface area contributed by atoms with Gasteiger partial charge in [-0.1, -0.05) is 11.6 Å². The second-order valence-electron chi connectivity index (χ2n) is 5.76. The molecule has 0 radical (unpaired) electrons. The van der Waals surface area contributed by atoms with Gasteiger partial charge in [0, 0.05) is 21.7 Å². The van der Waals surface area contributed by atoms with Gasteiger partial charge in [-0.2, -0.15) is 0 Å². The number of hydrogen-bond donors (Lipinski definition) is 1. The van der Waals surface area contributed by atoms with E-state index < -0.39 is 0 Å². The number of aromatic nitrogens is 2. The van der Waals surface area contributed by atoms with Crippen molar-refractivity contribution in [1.29, 1.82) is 0 Å². The van der Waals surface area contributed by atoms with Crippen LogP contribution in [-0.2, 0) is 0 Å². The average Bonchev–Trinajstić information content (AvgIpc) is 3.27. The molecule has 0 atom stereocenters. The van der Waals surface area contributed by atoms with Crippen LogP contribution < -0.4 is 5.32 Å². The van der Waals surface area contributed by atoms with E-state index in [1.54, 1.807) is 6.07 Å². The number of carbonyl (C=O) groups is 1. The number of nitrogens with zero attached hydrogens (tertiary/aromatic N) is 2. The smallest absolute Gasteiger partial charge is 0.259 e. The number of halogens is 1. The summed E-state index contributed by atoms with van der Waals surface area (Å²) in [6.07, 6.45) is 2.40. The van der Waals surface area contributed by atoms with Crippen LogP contribution in [0.2, 0.25) is 5.02 Å². The predicted molar refractivity (Wildman–Crippen MR) is 93.5 cm³/mol. The molecule has 1 fully saturated rings. The molecular formula is C17H14ClN3OS. The molecular weight excluding hydrogens is 330 g/mol. The Balaban J connectivity index is 1.63. The van der Waals surface area contributed by atoms with Crippen LogP contribution in [0.5, 0.6) is 0 Å². The topological polar surface area (TPSA) is 54.9 Å². The number of hydrogen-bond acceptors (Lipinski definition) is 4. The van der Waals surface area contributed by atoms with Gasteiger partial charge >= 0.3 is 0 Å². The molecule has 2 aromatic heterocycles. The molecule has 23 heavy (non-hydrogen) atoms. The van der Waals surface area contributed by atoms with Crippen molar-refractivity contribution in [3.63, 3.8) is 0 Å². The summed E-state index contributed by atoms with van der Waals surface area (Å²) in [7, 11) is 0. The largest absolute Gasteiger partial charge is 0.298 e. The van der Waals surface area contributed by atoms with Gasteiger partial charge in [0.15, 0.2) is 5.13 Å². The maximum absolute atomic E-state index is 12.5. The molecule has 0 unspecified atom stereocenters. The molecule has 4 nitrogen and oxygen atoms in total. The number of fused-ring (bicyclic) bond motifs is 1. The van der Waals surface area contributed by atoms with E-state index in [1.165, 1.54) is 24.2 Å². The van der Waals surface area contributed by atoms with E-state index >= 15 is 0 Å². The van der Waals surface area contributed by atoms with E-state index in [-0.39, 0.29) is 5.91 Å². The molecule has 1 saturated carbocycles. The van der Waals surface area contributed by atoms with Crippen LogP contribution in [0.4, 0.5) is 5.13 Å². The van der Waals surface area contributed by atoms with Crippen molar-refractivity contribution in [3.8, 4) is 0 Å². The molecule has 1 N–H and O–H groups in total. The van der Waals surface area contributed by atoms with Crippen molar-refractivity contribution in [2.45, 2.75) is 25.7 Å². The van der Waals surface area contributed by atoms with Crippen molar-refractivity contribution in [2.75, 3.05) is 5.32 Å². The predicted octanol–water partition coefficient (Wildman–Crippen LogP) is 4.78. The second kappa shape index (κ2) is 5.58. The normalized spacial score (nSPS) is 14.2. The number of rotatable bonds is 3. The average molecular weight is 344 g/mol. The Kier molecular flexibility index (Phi) is 3.54. The Morgan fingerprint density at radius 1 is 1.30 bits per heavy atom. The Labute approximate surface area is 142 Å².